The van der Waals surface area contributed by atoms with Gasteiger partial charge < -0.3 is 33.3 Å². The van der Waals surface area contributed by atoms with E-state index < -0.39 is 42.2 Å². The molecule has 0 radical (unpaired) electrons. The Morgan fingerprint density at radius 1 is 0.892 bits per heavy atom. The van der Waals surface area contributed by atoms with Gasteiger partial charge in [-0.1, -0.05) is 60.7 Å². The van der Waals surface area contributed by atoms with E-state index in [-0.39, 0.29) is 18.1 Å². The number of likely N-dealkylation sites (tertiary alicyclic amines) is 1. The van der Waals surface area contributed by atoms with Gasteiger partial charge in [-0.05, 0) is 45.4 Å². The second-order valence-electron chi connectivity index (χ2n) is 10.8. The summed E-state index contributed by atoms with van der Waals surface area (Å²) < 4.78 is 36.9. The van der Waals surface area contributed by atoms with Gasteiger partial charge in [0, 0.05) is 0 Å². The maximum atomic E-state index is 13.8. The van der Waals surface area contributed by atoms with Crippen molar-refractivity contribution in [1.29, 1.82) is 0 Å². The number of benzene rings is 2. The van der Waals surface area contributed by atoms with Crippen molar-refractivity contribution in [3.05, 3.63) is 72.3 Å². The summed E-state index contributed by atoms with van der Waals surface area (Å²) >= 11 is 0. The van der Waals surface area contributed by atoms with Gasteiger partial charge in [-0.15, -0.1) is 0 Å². The van der Waals surface area contributed by atoms with E-state index in [9.17, 15) is 4.79 Å². The number of rotatable bonds is 6. The molecule has 0 aromatic heterocycles. The molecule has 0 aliphatic carbocycles. The van der Waals surface area contributed by atoms with E-state index in [1.165, 1.54) is 0 Å². The molecule has 4 saturated heterocycles. The number of hydrogen-bond acceptors (Lipinski definition) is 7. The molecule has 196 valence electrons. The lowest BCUT2D eigenvalue weighted by Crippen LogP contribution is -2.72. The first-order valence-corrected chi connectivity index (χ1v) is 12.8. The summed E-state index contributed by atoms with van der Waals surface area (Å²) in [5.74, 6) is -1.04. The number of β-lactam (4-membered cyclic amide) rings is 1. The van der Waals surface area contributed by atoms with E-state index in [1.54, 1.807) is 0 Å². The summed E-state index contributed by atoms with van der Waals surface area (Å²) in [5.41, 5.74) is 1.04. The Kier molecular flexibility index (Phi) is 6.12. The van der Waals surface area contributed by atoms with Crippen LogP contribution in [0, 0.1) is 0 Å². The average Bonchev–Trinajstić information content (AvgIpc) is 3.50. The van der Waals surface area contributed by atoms with Crippen LogP contribution in [0.5, 0.6) is 5.75 Å². The van der Waals surface area contributed by atoms with Crippen LogP contribution in [0.25, 0.3) is 6.08 Å². The van der Waals surface area contributed by atoms with Crippen LogP contribution in [-0.4, -0.2) is 71.8 Å². The highest BCUT2D eigenvalue weighted by Gasteiger charge is 2.65. The van der Waals surface area contributed by atoms with E-state index >= 15 is 0 Å². The number of carbonyl (C=O) groups is 1. The van der Waals surface area contributed by atoms with Crippen molar-refractivity contribution in [2.75, 3.05) is 6.61 Å². The molecule has 6 rings (SSSR count). The minimum Gasteiger partial charge on any atom is -0.478 e. The summed E-state index contributed by atoms with van der Waals surface area (Å²) in [5, 5.41) is 0. The molecule has 0 N–H and O–H groups in total. The highest BCUT2D eigenvalue weighted by Crippen LogP contribution is 2.45. The molecule has 2 aromatic carbocycles. The molecule has 0 unspecified atom stereocenters. The number of ether oxygens (including phenoxy) is 6. The number of carbonyl (C=O) groups excluding carboxylic acids is 1. The minimum absolute atomic E-state index is 0.128. The third-order valence-electron chi connectivity index (χ3n) is 7.19. The van der Waals surface area contributed by atoms with Crippen molar-refractivity contribution in [1.82, 2.24) is 4.90 Å². The zero-order valence-electron chi connectivity index (χ0n) is 21.5. The largest absolute Gasteiger partial charge is 0.478 e. The van der Waals surface area contributed by atoms with Crippen LogP contribution in [0.1, 0.15) is 33.3 Å². The second kappa shape index (κ2) is 9.22. The average molecular weight is 508 g/mol. The van der Waals surface area contributed by atoms with Gasteiger partial charge in [0.25, 0.3) is 5.91 Å². The van der Waals surface area contributed by atoms with E-state index in [2.05, 4.69) is 0 Å². The van der Waals surface area contributed by atoms with Gasteiger partial charge >= 0.3 is 0 Å². The number of para-hydroxylation sites is 1. The van der Waals surface area contributed by atoms with Crippen molar-refractivity contribution in [3.8, 4) is 5.75 Å². The third-order valence-corrected chi connectivity index (χ3v) is 7.19. The van der Waals surface area contributed by atoms with E-state index in [0.717, 1.165) is 5.56 Å². The predicted molar refractivity (Wildman–Crippen MR) is 134 cm³/mol. The Hall–Kier alpha value is -2.75. The fraction of sp³-hybridized carbons (Fsp3) is 0.483. The van der Waals surface area contributed by atoms with Crippen LogP contribution in [0.3, 0.4) is 0 Å². The number of nitrogens with zero attached hydrogens (tertiary/aromatic N) is 1. The van der Waals surface area contributed by atoms with Gasteiger partial charge in [-0.3, -0.25) is 4.79 Å². The molecule has 0 bridgehead atoms. The standard InChI is InChI=1S/C29H33NO7/c1-28(2)32-17-21(35-28)24-22(25-27(34-24)37-29(3,4)36-25)30-20(16-15-18-11-7-5-8-12-18)23(26(30)31)33-19-13-9-6-10-14-19/h5-16,20-25,27H,17H2,1-4H3/b16-15+/t20-,21-,22-,23-,24+,25-,27-/m1/s1. The maximum absolute atomic E-state index is 13.8. The fourth-order valence-electron chi connectivity index (χ4n) is 5.60. The number of fused-ring (bicyclic) bond motifs is 1. The molecule has 0 spiro atoms. The molecule has 8 nitrogen and oxygen atoms in total. The quantitative estimate of drug-likeness (QED) is 0.551. The van der Waals surface area contributed by atoms with Gasteiger partial charge in [-0.2, -0.15) is 0 Å². The minimum atomic E-state index is -0.825. The van der Waals surface area contributed by atoms with Crippen molar-refractivity contribution in [3.63, 3.8) is 0 Å². The summed E-state index contributed by atoms with van der Waals surface area (Å²) in [6.45, 7) is 7.80. The Balaban J connectivity index is 1.33. The van der Waals surface area contributed by atoms with E-state index in [4.69, 9.17) is 28.4 Å². The summed E-state index contributed by atoms with van der Waals surface area (Å²) in [6.07, 6.45) is 1.42. The molecule has 0 saturated carbocycles. The van der Waals surface area contributed by atoms with Crippen LogP contribution >= 0.6 is 0 Å². The molecule has 7 atom stereocenters. The third kappa shape index (κ3) is 4.69. The first kappa shape index (κ1) is 24.6. The van der Waals surface area contributed by atoms with Gasteiger partial charge in [-0.25, -0.2) is 0 Å². The lowest BCUT2D eigenvalue weighted by Gasteiger charge is -2.50. The smallest absolute Gasteiger partial charge is 0.267 e. The lowest BCUT2D eigenvalue weighted by molar-refractivity contribution is -0.232. The summed E-state index contributed by atoms with van der Waals surface area (Å²) in [4.78, 5) is 15.6. The van der Waals surface area contributed by atoms with Crippen LogP contribution in [0.2, 0.25) is 0 Å². The summed E-state index contributed by atoms with van der Waals surface area (Å²) in [6, 6.07) is 18.6. The van der Waals surface area contributed by atoms with Crippen LogP contribution in [-0.2, 0) is 28.5 Å². The second-order valence-corrected chi connectivity index (χ2v) is 10.8. The van der Waals surface area contributed by atoms with Crippen LogP contribution < -0.4 is 4.74 Å². The van der Waals surface area contributed by atoms with Gasteiger partial charge in [0.1, 0.15) is 24.1 Å². The van der Waals surface area contributed by atoms with Crippen LogP contribution in [0.4, 0.5) is 0 Å². The highest BCUT2D eigenvalue weighted by molar-refractivity contribution is 5.90. The molecular weight excluding hydrogens is 474 g/mol. The molecular formula is C29H33NO7. The number of hydrogen-bond donors (Lipinski definition) is 0. The molecule has 4 heterocycles. The molecule has 4 aliphatic heterocycles. The summed E-state index contributed by atoms with van der Waals surface area (Å²) in [7, 11) is 0. The van der Waals surface area contributed by atoms with Gasteiger partial charge in [0.05, 0.1) is 18.7 Å². The van der Waals surface area contributed by atoms with E-state index in [0.29, 0.717) is 12.4 Å². The first-order valence-electron chi connectivity index (χ1n) is 12.8. The van der Waals surface area contributed by atoms with Crippen molar-refractivity contribution in [2.45, 2.75) is 82.1 Å². The zero-order valence-corrected chi connectivity index (χ0v) is 21.5. The van der Waals surface area contributed by atoms with Gasteiger partial charge in [0.15, 0.2) is 17.9 Å². The molecule has 37 heavy (non-hydrogen) atoms. The molecule has 4 fully saturated rings. The Morgan fingerprint density at radius 2 is 1.59 bits per heavy atom. The molecule has 1 amide bonds. The molecule has 8 heteroatoms. The normalized spacial score (nSPS) is 36.1. The zero-order chi connectivity index (χ0) is 25.8. The Morgan fingerprint density at radius 3 is 2.27 bits per heavy atom. The Bertz CT molecular complexity index is 1150. The van der Waals surface area contributed by atoms with Crippen LogP contribution in [0.15, 0.2) is 66.7 Å². The van der Waals surface area contributed by atoms with Crippen molar-refractivity contribution < 1.29 is 33.2 Å². The fourth-order valence-corrected chi connectivity index (χ4v) is 5.60. The van der Waals surface area contributed by atoms with Crippen molar-refractivity contribution >= 4 is 12.0 Å². The SMILES string of the molecule is CC1(C)O[C@H]2O[C@@H]([C@H]3COC(C)(C)O3)[C@@H](N3C(=O)[C@H](Oc4ccccc4)[C@H]3/C=C/c3ccccc3)[C@H]2O1. The van der Waals surface area contributed by atoms with Crippen molar-refractivity contribution in [2.24, 2.45) is 0 Å². The van der Waals surface area contributed by atoms with Gasteiger partial charge in [0.2, 0.25) is 6.10 Å². The monoisotopic (exact) mass is 507 g/mol. The highest BCUT2D eigenvalue weighted by atomic mass is 16.8. The van der Waals surface area contributed by atoms with E-state index in [1.807, 2.05) is 105 Å². The Labute approximate surface area is 217 Å². The predicted octanol–water partition coefficient (Wildman–Crippen LogP) is 3.75. The topological polar surface area (TPSA) is 75.7 Å². The maximum Gasteiger partial charge on any atom is 0.267 e. The number of amides is 1. The molecule has 4 aliphatic rings. The molecule has 2 aromatic rings. The first-order chi connectivity index (χ1) is 17.7. The lowest BCUT2D eigenvalue weighted by atomic mass is 9.89.